The summed E-state index contributed by atoms with van der Waals surface area (Å²) >= 11 is 0. The predicted molar refractivity (Wildman–Crippen MR) is 165 cm³/mol. The summed E-state index contributed by atoms with van der Waals surface area (Å²) in [7, 11) is 2.15. The Hall–Kier alpha value is -4.40. The van der Waals surface area contributed by atoms with Crippen LogP contribution in [0.5, 0.6) is 11.5 Å². The number of rotatable bonds is 13. The van der Waals surface area contributed by atoms with Crippen LogP contribution < -0.4 is 31.6 Å². The van der Waals surface area contributed by atoms with Crippen molar-refractivity contribution in [2.24, 2.45) is 22.4 Å². The van der Waals surface area contributed by atoms with Gasteiger partial charge in [0, 0.05) is 49.6 Å². The first-order chi connectivity index (χ1) is 22.0. The van der Waals surface area contributed by atoms with Crippen molar-refractivity contribution in [3.8, 4) is 11.5 Å². The number of benzene rings is 1. The number of nitrogens with two attached hydrogens (primary N) is 2. The van der Waals surface area contributed by atoms with Gasteiger partial charge in [0.1, 0.15) is 12.5 Å². The molecule has 2 aliphatic carbocycles. The maximum Gasteiger partial charge on any atom is 0.415 e. The van der Waals surface area contributed by atoms with Crippen LogP contribution in [0.15, 0.2) is 17.1 Å². The van der Waals surface area contributed by atoms with Gasteiger partial charge in [-0.2, -0.15) is 0 Å². The molecule has 250 valence electrons. The summed E-state index contributed by atoms with van der Waals surface area (Å²) in [6.07, 6.45) is 1.51. The summed E-state index contributed by atoms with van der Waals surface area (Å²) < 4.78 is 12.3. The average molecular weight is 642 g/mol. The lowest BCUT2D eigenvalue weighted by Gasteiger charge is -2.57. The van der Waals surface area contributed by atoms with Crippen LogP contribution in [0.3, 0.4) is 0 Å². The van der Waals surface area contributed by atoms with Gasteiger partial charge in [-0.15, -0.1) is 0 Å². The molecule has 2 heterocycles. The summed E-state index contributed by atoms with van der Waals surface area (Å²) in [6, 6.07) is 3.05. The Kier molecular flexibility index (Phi) is 9.70. The molecule has 0 aromatic heterocycles. The minimum atomic E-state index is -1.32. The molecule has 0 radical (unpaired) electrons. The van der Waals surface area contributed by atoms with Gasteiger partial charge in [-0.1, -0.05) is 6.07 Å². The number of hydrogen-bond donors (Lipinski definition) is 5. The molecule has 2 bridgehead atoms. The lowest BCUT2D eigenvalue weighted by molar-refractivity contribution is -0.142. The number of amides is 3. The first-order valence-corrected chi connectivity index (χ1v) is 15.8. The Labute approximate surface area is 267 Å². The van der Waals surface area contributed by atoms with Crippen molar-refractivity contribution in [1.29, 1.82) is 0 Å². The second-order valence-electron chi connectivity index (χ2n) is 12.5. The van der Waals surface area contributed by atoms with Crippen LogP contribution in [0.4, 0.5) is 4.79 Å². The number of carbonyl (C=O) groups excluding carboxylic acids is 4. The Morgan fingerprint density at radius 1 is 1.28 bits per heavy atom. The van der Waals surface area contributed by atoms with Crippen molar-refractivity contribution in [1.82, 2.24) is 20.4 Å². The van der Waals surface area contributed by atoms with Gasteiger partial charge >= 0.3 is 12.1 Å². The van der Waals surface area contributed by atoms with Crippen molar-refractivity contribution in [2.75, 3.05) is 39.8 Å². The van der Waals surface area contributed by atoms with Crippen LogP contribution in [0.2, 0.25) is 0 Å². The molecule has 15 heteroatoms. The molecule has 2 fully saturated rings. The molecule has 7 N–H and O–H groups in total. The minimum Gasteiger partial charge on any atom is -0.481 e. The molecule has 5 rings (SSSR count). The van der Waals surface area contributed by atoms with E-state index in [1.165, 1.54) is 4.90 Å². The summed E-state index contributed by atoms with van der Waals surface area (Å²) in [5.41, 5.74) is 12.4. The van der Waals surface area contributed by atoms with Crippen molar-refractivity contribution in [2.45, 2.75) is 75.5 Å². The molecule has 0 unspecified atom stereocenters. The summed E-state index contributed by atoms with van der Waals surface area (Å²) in [4.78, 5) is 70.1. The predicted octanol–water partition coefficient (Wildman–Crippen LogP) is -0.125. The number of Topliss-reactive ketones (excluding diaryl/α,β-unsaturated/α-hetero) is 1. The van der Waals surface area contributed by atoms with E-state index in [4.69, 9.17) is 26.0 Å². The fourth-order valence-corrected chi connectivity index (χ4v) is 7.72. The van der Waals surface area contributed by atoms with Crippen LogP contribution in [0.25, 0.3) is 0 Å². The number of aliphatic carboxylic acids is 1. The van der Waals surface area contributed by atoms with E-state index < -0.39 is 47.9 Å². The number of hydrogen-bond acceptors (Lipinski definition) is 9. The Morgan fingerprint density at radius 2 is 2.07 bits per heavy atom. The molecular formula is C31H43N7O8. The van der Waals surface area contributed by atoms with Crippen LogP contribution >= 0.6 is 0 Å². The molecule has 1 aromatic rings. The number of likely N-dealkylation sites (tertiary alicyclic amines) is 1. The van der Waals surface area contributed by atoms with E-state index >= 15 is 0 Å². The maximum atomic E-state index is 13.3. The largest absolute Gasteiger partial charge is 0.481 e. The second kappa shape index (κ2) is 13.5. The molecule has 5 atom stereocenters. The van der Waals surface area contributed by atoms with Crippen LogP contribution in [-0.2, 0) is 31.0 Å². The third kappa shape index (κ3) is 6.32. The molecule has 4 aliphatic rings. The maximum absolute atomic E-state index is 13.3. The molecular weight excluding hydrogens is 598 g/mol. The smallest absolute Gasteiger partial charge is 0.415 e. The molecule has 2 aliphatic heterocycles. The number of likely N-dealkylation sites (N-methyl/N-ethyl adjacent to an activating group) is 2. The van der Waals surface area contributed by atoms with E-state index in [1.54, 1.807) is 13.0 Å². The zero-order valence-corrected chi connectivity index (χ0v) is 26.3. The Balaban J connectivity index is 1.23. The molecule has 1 saturated carbocycles. The van der Waals surface area contributed by atoms with Crippen molar-refractivity contribution >= 4 is 35.6 Å². The molecule has 1 saturated heterocycles. The fraction of sp³-hybridized carbons (Fsp3) is 0.613. The van der Waals surface area contributed by atoms with Crippen LogP contribution in [-0.4, -0.2) is 108 Å². The highest BCUT2D eigenvalue weighted by molar-refractivity contribution is 5.96. The van der Waals surface area contributed by atoms with Crippen LogP contribution in [0, 0.1) is 5.92 Å². The Morgan fingerprint density at radius 3 is 2.78 bits per heavy atom. The second-order valence-corrected chi connectivity index (χ2v) is 12.5. The van der Waals surface area contributed by atoms with E-state index in [0.717, 1.165) is 36.9 Å². The zero-order valence-electron chi connectivity index (χ0n) is 26.3. The number of aliphatic imine (C=N–C) groups is 1. The van der Waals surface area contributed by atoms with E-state index in [-0.39, 0.29) is 50.1 Å². The van der Waals surface area contributed by atoms with Gasteiger partial charge in [0.2, 0.25) is 11.8 Å². The number of piperidine rings is 1. The number of nitrogens with zero attached hydrogens (tertiary/aromatic N) is 3. The highest BCUT2D eigenvalue weighted by Crippen LogP contribution is 2.63. The lowest BCUT2D eigenvalue weighted by Crippen LogP contribution is -2.65. The topological polar surface area (TPSA) is 219 Å². The SMILES string of the molecule is CCN(CCNC(=O)[C@H](CCCN=C(N)N)NC(=O)CC(=O)O)C(=O)Oc1ccc2c3c1O[C@H]1C(=O)CC[C@H]4[C@@H](C2)N(C)CC[C@]314. The summed E-state index contributed by atoms with van der Waals surface area (Å²) in [5, 5.41) is 14.0. The summed E-state index contributed by atoms with van der Waals surface area (Å²) in [5.74, 6) is -1.61. The van der Waals surface area contributed by atoms with E-state index in [1.807, 2.05) is 6.07 Å². The van der Waals surface area contributed by atoms with Gasteiger partial charge in [0.15, 0.2) is 29.3 Å². The van der Waals surface area contributed by atoms with Crippen LogP contribution in [0.1, 0.15) is 56.6 Å². The van der Waals surface area contributed by atoms with Gasteiger partial charge in [0.25, 0.3) is 0 Å². The van der Waals surface area contributed by atoms with Crippen molar-refractivity contribution in [3.63, 3.8) is 0 Å². The summed E-state index contributed by atoms with van der Waals surface area (Å²) in [6.45, 7) is 3.30. The average Bonchev–Trinajstić information content (AvgIpc) is 3.36. The normalized spacial score (nSPS) is 24.6. The first-order valence-electron chi connectivity index (χ1n) is 15.8. The van der Waals surface area contributed by atoms with E-state index in [9.17, 15) is 24.0 Å². The van der Waals surface area contributed by atoms with Gasteiger partial charge in [-0.25, -0.2) is 4.79 Å². The van der Waals surface area contributed by atoms with Gasteiger partial charge in [-0.05, 0) is 70.2 Å². The minimum absolute atomic E-state index is 0.0464. The lowest BCUT2D eigenvalue weighted by atomic mass is 9.52. The van der Waals surface area contributed by atoms with Crippen molar-refractivity contribution in [3.05, 3.63) is 23.3 Å². The number of guanidine groups is 1. The monoisotopic (exact) mass is 641 g/mol. The number of carbonyl (C=O) groups is 5. The third-order valence-corrected chi connectivity index (χ3v) is 9.80. The number of ketones is 1. The molecule has 3 amide bonds. The third-order valence-electron chi connectivity index (χ3n) is 9.80. The zero-order chi connectivity index (χ0) is 33.2. The molecule has 1 aromatic carbocycles. The Bertz CT molecular complexity index is 1430. The first kappa shape index (κ1) is 33.0. The number of carboxylic acids is 1. The van der Waals surface area contributed by atoms with Gasteiger partial charge in [0.05, 0.1) is 0 Å². The fourth-order valence-electron chi connectivity index (χ4n) is 7.72. The quantitative estimate of drug-likeness (QED) is 0.0827. The standard InChI is InChI=1S/C31H43N7O8/c1-3-38(14-12-34-28(43)19(5-4-11-35-29(32)33)36-23(40)16-24(41)42)30(44)45-22-9-6-17-15-20-18-7-8-21(39)27-31(18,10-13-37(20)2)25(17)26(22)46-27/h6,9,18-20,27H,3-5,7-8,10-16H2,1-2H3,(H,34,43)(H,36,40)(H,41,42)(H4,32,33,35)/t18-,19-,20+,27-,31-/m0/s1. The highest BCUT2D eigenvalue weighted by atomic mass is 16.6. The van der Waals surface area contributed by atoms with E-state index in [0.29, 0.717) is 30.6 Å². The number of nitrogens with one attached hydrogen (secondary N) is 2. The molecule has 46 heavy (non-hydrogen) atoms. The highest BCUT2D eigenvalue weighted by Gasteiger charge is 2.65. The number of ether oxygens (including phenoxy) is 2. The number of carboxylic acid groups (broad SMARTS) is 1. The molecule has 15 nitrogen and oxygen atoms in total. The van der Waals surface area contributed by atoms with Crippen molar-refractivity contribution < 1.29 is 38.6 Å². The van der Waals surface area contributed by atoms with Gasteiger partial charge in [-0.3, -0.25) is 24.2 Å². The molecule has 1 spiro atoms. The van der Waals surface area contributed by atoms with Gasteiger partial charge < -0.3 is 46.5 Å². The van der Waals surface area contributed by atoms with E-state index in [2.05, 4.69) is 27.6 Å².